The van der Waals surface area contributed by atoms with Gasteiger partial charge in [0.2, 0.25) is 0 Å². The largest absolute Gasteiger partial charge is 0.452 e. The second-order valence-electron chi connectivity index (χ2n) is 10.7. The van der Waals surface area contributed by atoms with Crippen LogP contribution in [0, 0.1) is 25.7 Å². The molecule has 0 unspecified atom stereocenters. The smallest absolute Gasteiger partial charge is 0.315 e. The average molecular weight is 529 g/mol. The molecule has 0 amide bonds. The van der Waals surface area contributed by atoms with Crippen LogP contribution in [0.4, 0.5) is 0 Å². The summed E-state index contributed by atoms with van der Waals surface area (Å²) in [5.41, 5.74) is 3.65. The standard InChI is InChI=1S/C36H32O4/c1-23-11-7-12-24(2)33(23)39-35(37)31-21-10-22-32(31)36(38)40-34(29-19-8-15-25-13-3-5-17-27(25)29)30-20-9-16-26-14-4-6-18-28(26)30/h3-9,11-20,31-32,34H,10,21-22H2,1-2H3/t31-,32+/m1/s1. The highest BCUT2D eigenvalue weighted by Gasteiger charge is 2.41. The van der Waals surface area contributed by atoms with E-state index in [9.17, 15) is 9.59 Å². The number of aryl methyl sites for hydroxylation is 2. The maximum atomic E-state index is 13.9. The van der Waals surface area contributed by atoms with Gasteiger partial charge in [0.05, 0.1) is 11.8 Å². The monoisotopic (exact) mass is 528 g/mol. The molecule has 1 fully saturated rings. The molecule has 2 atom stereocenters. The van der Waals surface area contributed by atoms with E-state index in [2.05, 4.69) is 36.4 Å². The molecule has 1 aliphatic rings. The zero-order valence-corrected chi connectivity index (χ0v) is 22.8. The number of benzene rings is 5. The first-order valence-corrected chi connectivity index (χ1v) is 13.9. The van der Waals surface area contributed by atoms with Crippen molar-refractivity contribution in [3.05, 3.63) is 125 Å². The van der Waals surface area contributed by atoms with Gasteiger partial charge in [0, 0.05) is 11.1 Å². The van der Waals surface area contributed by atoms with Crippen LogP contribution in [0.3, 0.4) is 0 Å². The lowest BCUT2D eigenvalue weighted by Gasteiger charge is -2.25. The molecule has 5 aromatic carbocycles. The molecule has 0 N–H and O–H groups in total. The molecule has 4 heteroatoms. The second kappa shape index (κ2) is 11.0. The van der Waals surface area contributed by atoms with Crippen molar-refractivity contribution >= 4 is 33.5 Å². The van der Waals surface area contributed by atoms with Crippen LogP contribution in [0.5, 0.6) is 5.75 Å². The fourth-order valence-corrected chi connectivity index (χ4v) is 6.12. The van der Waals surface area contributed by atoms with E-state index < -0.39 is 17.9 Å². The van der Waals surface area contributed by atoms with E-state index in [1.807, 2.05) is 80.6 Å². The Morgan fingerprint density at radius 1 is 0.625 bits per heavy atom. The van der Waals surface area contributed by atoms with Crippen LogP contribution in [0.1, 0.15) is 47.6 Å². The van der Waals surface area contributed by atoms with E-state index in [1.165, 1.54) is 0 Å². The minimum absolute atomic E-state index is 0.355. The first-order chi connectivity index (χ1) is 19.5. The Bertz CT molecular complexity index is 1610. The third-order valence-corrected chi connectivity index (χ3v) is 8.18. The van der Waals surface area contributed by atoms with Crippen molar-refractivity contribution in [2.24, 2.45) is 11.8 Å². The van der Waals surface area contributed by atoms with Gasteiger partial charge >= 0.3 is 11.9 Å². The minimum Gasteiger partial charge on any atom is -0.452 e. The molecule has 40 heavy (non-hydrogen) atoms. The van der Waals surface area contributed by atoms with E-state index in [4.69, 9.17) is 9.47 Å². The first kappa shape index (κ1) is 25.8. The summed E-state index contributed by atoms with van der Waals surface area (Å²) in [7, 11) is 0. The van der Waals surface area contributed by atoms with Gasteiger partial charge in [0.25, 0.3) is 0 Å². The third kappa shape index (κ3) is 4.86. The predicted octanol–water partition coefficient (Wildman–Crippen LogP) is 8.26. The van der Waals surface area contributed by atoms with Gasteiger partial charge in [-0.05, 0) is 59.4 Å². The Balaban J connectivity index is 1.36. The Kier molecular flexibility index (Phi) is 7.08. The number of fused-ring (bicyclic) bond motifs is 2. The molecule has 1 saturated carbocycles. The topological polar surface area (TPSA) is 52.6 Å². The SMILES string of the molecule is Cc1cccc(C)c1OC(=O)[C@@H]1CCC[C@@H]1C(=O)OC(c1cccc2ccccc12)c1cccc2ccccc12. The molecule has 0 aromatic heterocycles. The van der Waals surface area contributed by atoms with Crippen LogP contribution < -0.4 is 4.74 Å². The summed E-state index contributed by atoms with van der Waals surface area (Å²) in [6, 6.07) is 34.3. The van der Waals surface area contributed by atoms with E-state index in [-0.39, 0.29) is 11.9 Å². The molecule has 0 radical (unpaired) electrons. The summed E-state index contributed by atoms with van der Waals surface area (Å²) in [6.45, 7) is 3.85. The van der Waals surface area contributed by atoms with Gasteiger partial charge in [-0.1, -0.05) is 110 Å². The Labute approximate surface area is 234 Å². The van der Waals surface area contributed by atoms with E-state index in [0.29, 0.717) is 18.6 Å². The molecule has 0 heterocycles. The van der Waals surface area contributed by atoms with Gasteiger partial charge in [0.15, 0.2) is 6.10 Å². The van der Waals surface area contributed by atoms with Gasteiger partial charge in [0.1, 0.15) is 5.75 Å². The molecular formula is C36H32O4. The number of hydrogen-bond acceptors (Lipinski definition) is 4. The molecule has 6 rings (SSSR count). The first-order valence-electron chi connectivity index (χ1n) is 13.9. The number of hydrogen-bond donors (Lipinski definition) is 0. The summed E-state index contributed by atoms with van der Waals surface area (Å²) < 4.78 is 12.3. The molecule has 0 spiro atoms. The zero-order chi connectivity index (χ0) is 27.6. The van der Waals surface area contributed by atoms with Crippen molar-refractivity contribution in [2.75, 3.05) is 0 Å². The summed E-state index contributed by atoms with van der Waals surface area (Å²) in [5, 5.41) is 4.23. The van der Waals surface area contributed by atoms with E-state index >= 15 is 0 Å². The number of carbonyl (C=O) groups is 2. The van der Waals surface area contributed by atoms with Gasteiger partial charge < -0.3 is 9.47 Å². The lowest BCUT2D eigenvalue weighted by atomic mass is 9.91. The number of para-hydroxylation sites is 1. The Morgan fingerprint density at radius 2 is 1.10 bits per heavy atom. The van der Waals surface area contributed by atoms with E-state index in [0.717, 1.165) is 50.2 Å². The average Bonchev–Trinajstić information content (AvgIpc) is 3.48. The van der Waals surface area contributed by atoms with Crippen molar-refractivity contribution in [3.8, 4) is 5.75 Å². The highest BCUT2D eigenvalue weighted by Crippen LogP contribution is 2.40. The predicted molar refractivity (Wildman–Crippen MR) is 158 cm³/mol. The number of rotatable bonds is 6. The molecular weight excluding hydrogens is 496 g/mol. The summed E-state index contributed by atoms with van der Waals surface area (Å²) in [6.07, 6.45) is 1.36. The van der Waals surface area contributed by atoms with Crippen LogP contribution >= 0.6 is 0 Å². The zero-order valence-electron chi connectivity index (χ0n) is 22.8. The fourth-order valence-electron chi connectivity index (χ4n) is 6.12. The maximum absolute atomic E-state index is 13.9. The van der Waals surface area contributed by atoms with Crippen molar-refractivity contribution in [1.82, 2.24) is 0 Å². The van der Waals surface area contributed by atoms with Crippen LogP contribution in [0.25, 0.3) is 21.5 Å². The molecule has 200 valence electrons. The molecule has 1 aliphatic carbocycles. The van der Waals surface area contributed by atoms with Crippen molar-refractivity contribution in [1.29, 1.82) is 0 Å². The fraction of sp³-hybridized carbons (Fsp3) is 0.222. The number of carbonyl (C=O) groups excluding carboxylic acids is 2. The normalized spacial score (nSPS) is 16.9. The summed E-state index contributed by atoms with van der Waals surface area (Å²) in [4.78, 5) is 27.3. The minimum atomic E-state index is -0.624. The number of ether oxygens (including phenoxy) is 2. The van der Waals surface area contributed by atoms with Gasteiger partial charge in [-0.15, -0.1) is 0 Å². The van der Waals surface area contributed by atoms with Gasteiger partial charge in [-0.2, -0.15) is 0 Å². The van der Waals surface area contributed by atoms with Gasteiger partial charge in [-0.25, -0.2) is 0 Å². The van der Waals surface area contributed by atoms with Crippen molar-refractivity contribution < 1.29 is 19.1 Å². The van der Waals surface area contributed by atoms with Gasteiger partial charge in [-0.3, -0.25) is 9.59 Å². The quantitative estimate of drug-likeness (QED) is 0.164. The molecule has 4 nitrogen and oxygen atoms in total. The highest BCUT2D eigenvalue weighted by molar-refractivity contribution is 5.91. The van der Waals surface area contributed by atoms with Crippen LogP contribution in [-0.2, 0) is 14.3 Å². The third-order valence-electron chi connectivity index (χ3n) is 8.18. The highest BCUT2D eigenvalue weighted by atomic mass is 16.5. The molecule has 5 aromatic rings. The summed E-state index contributed by atoms with van der Waals surface area (Å²) >= 11 is 0. The van der Waals surface area contributed by atoms with Crippen LogP contribution in [0.15, 0.2) is 103 Å². The number of esters is 2. The Morgan fingerprint density at radius 3 is 1.68 bits per heavy atom. The second-order valence-corrected chi connectivity index (χ2v) is 10.7. The van der Waals surface area contributed by atoms with E-state index in [1.54, 1.807) is 0 Å². The lowest BCUT2D eigenvalue weighted by molar-refractivity contribution is -0.158. The van der Waals surface area contributed by atoms with Crippen molar-refractivity contribution in [3.63, 3.8) is 0 Å². The van der Waals surface area contributed by atoms with Crippen LogP contribution in [0.2, 0.25) is 0 Å². The lowest BCUT2D eigenvalue weighted by Crippen LogP contribution is -2.31. The maximum Gasteiger partial charge on any atom is 0.315 e. The molecule has 0 bridgehead atoms. The van der Waals surface area contributed by atoms with Crippen LogP contribution in [-0.4, -0.2) is 11.9 Å². The molecule has 0 saturated heterocycles. The molecule has 0 aliphatic heterocycles. The Hall–Kier alpha value is -4.44. The van der Waals surface area contributed by atoms with Crippen molar-refractivity contribution in [2.45, 2.75) is 39.2 Å². The summed E-state index contributed by atoms with van der Waals surface area (Å²) in [5.74, 6) is -1.22.